The second-order valence-corrected chi connectivity index (χ2v) is 6.36. The third-order valence-corrected chi connectivity index (χ3v) is 3.87. The Bertz CT molecular complexity index is 1020. The van der Waals surface area contributed by atoms with E-state index in [1.165, 1.54) is 0 Å². The van der Waals surface area contributed by atoms with E-state index in [1.54, 1.807) is 47.0 Å². The lowest BCUT2D eigenvalue weighted by atomic mass is 10.2. The maximum atomic E-state index is 12.9. The average molecular weight is 378 g/mol. The zero-order valence-corrected chi connectivity index (χ0v) is 15.8. The van der Waals surface area contributed by atoms with Gasteiger partial charge < -0.3 is 15.4 Å². The van der Waals surface area contributed by atoms with Gasteiger partial charge in [-0.1, -0.05) is 24.3 Å². The Morgan fingerprint density at radius 2 is 1.93 bits per heavy atom. The first-order chi connectivity index (χ1) is 13.5. The molecule has 7 heteroatoms. The monoisotopic (exact) mass is 378 g/mol. The SMILES string of the molecule is C=CCNC(=O)c1nc(C(=O)Nc2ccccc2OC(C)C)c2ccccn12. The predicted octanol–water partition coefficient (Wildman–Crippen LogP) is 3.29. The number of carbonyl (C=O) groups is 2. The number of hydrogen-bond acceptors (Lipinski definition) is 4. The maximum Gasteiger partial charge on any atom is 0.287 e. The summed E-state index contributed by atoms with van der Waals surface area (Å²) < 4.78 is 7.33. The van der Waals surface area contributed by atoms with Crippen molar-refractivity contribution < 1.29 is 14.3 Å². The molecule has 3 aromatic rings. The van der Waals surface area contributed by atoms with Gasteiger partial charge in [0, 0.05) is 12.7 Å². The Kier molecular flexibility index (Phi) is 5.74. The Balaban J connectivity index is 1.95. The number of carbonyl (C=O) groups excluding carboxylic acids is 2. The minimum atomic E-state index is -0.425. The first-order valence-corrected chi connectivity index (χ1v) is 8.94. The molecule has 0 aliphatic heterocycles. The molecule has 0 saturated carbocycles. The van der Waals surface area contributed by atoms with Crippen LogP contribution < -0.4 is 15.4 Å². The number of nitrogens with one attached hydrogen (secondary N) is 2. The van der Waals surface area contributed by atoms with Gasteiger partial charge in [-0.15, -0.1) is 6.58 Å². The average Bonchev–Trinajstić information content (AvgIpc) is 3.07. The van der Waals surface area contributed by atoms with E-state index in [2.05, 4.69) is 22.2 Å². The van der Waals surface area contributed by atoms with Crippen LogP contribution in [0.3, 0.4) is 0 Å². The molecule has 2 aromatic heterocycles. The van der Waals surface area contributed by atoms with Crippen LogP contribution in [0.1, 0.15) is 35.0 Å². The lowest BCUT2D eigenvalue weighted by Crippen LogP contribution is -2.25. The van der Waals surface area contributed by atoms with Crippen molar-refractivity contribution >= 4 is 23.0 Å². The molecule has 28 heavy (non-hydrogen) atoms. The quantitative estimate of drug-likeness (QED) is 0.618. The zero-order chi connectivity index (χ0) is 20.1. The van der Waals surface area contributed by atoms with Gasteiger partial charge in [0.15, 0.2) is 5.69 Å². The number of fused-ring (bicyclic) bond motifs is 1. The van der Waals surface area contributed by atoms with Crippen molar-refractivity contribution in [1.29, 1.82) is 0 Å². The second-order valence-electron chi connectivity index (χ2n) is 6.36. The number of hydrogen-bond donors (Lipinski definition) is 2. The molecule has 3 rings (SSSR count). The third-order valence-electron chi connectivity index (χ3n) is 3.87. The van der Waals surface area contributed by atoms with Crippen molar-refractivity contribution in [3.63, 3.8) is 0 Å². The lowest BCUT2D eigenvalue weighted by molar-refractivity contribution is 0.0947. The van der Waals surface area contributed by atoms with Crippen molar-refractivity contribution in [3.05, 3.63) is 72.8 Å². The molecule has 2 amide bonds. The second kappa shape index (κ2) is 8.39. The molecule has 0 fully saturated rings. The Morgan fingerprint density at radius 3 is 2.68 bits per heavy atom. The highest BCUT2D eigenvalue weighted by atomic mass is 16.5. The Morgan fingerprint density at radius 1 is 1.18 bits per heavy atom. The lowest BCUT2D eigenvalue weighted by Gasteiger charge is -2.14. The largest absolute Gasteiger partial charge is 0.489 e. The summed E-state index contributed by atoms with van der Waals surface area (Å²) in [6.07, 6.45) is 3.23. The van der Waals surface area contributed by atoms with Gasteiger partial charge in [0.05, 0.1) is 17.3 Å². The van der Waals surface area contributed by atoms with E-state index in [0.717, 1.165) is 0 Å². The van der Waals surface area contributed by atoms with Gasteiger partial charge in [-0.2, -0.15) is 0 Å². The summed E-state index contributed by atoms with van der Waals surface area (Å²) in [5.41, 5.74) is 1.23. The van der Waals surface area contributed by atoms with Crippen LogP contribution in [0.15, 0.2) is 61.3 Å². The summed E-state index contributed by atoms with van der Waals surface area (Å²) in [6, 6.07) is 12.5. The van der Waals surface area contributed by atoms with Crippen LogP contribution >= 0.6 is 0 Å². The van der Waals surface area contributed by atoms with E-state index in [1.807, 2.05) is 26.0 Å². The molecular weight excluding hydrogens is 356 g/mol. The number of rotatable bonds is 7. The molecule has 0 atom stereocenters. The molecule has 0 unspecified atom stereocenters. The van der Waals surface area contributed by atoms with Crippen LogP contribution in [0.2, 0.25) is 0 Å². The Hall–Kier alpha value is -3.61. The zero-order valence-electron chi connectivity index (χ0n) is 15.8. The molecule has 0 spiro atoms. The van der Waals surface area contributed by atoms with Crippen molar-refractivity contribution in [3.8, 4) is 5.75 Å². The molecule has 0 aliphatic rings. The van der Waals surface area contributed by atoms with Crippen LogP contribution in [0.5, 0.6) is 5.75 Å². The van der Waals surface area contributed by atoms with E-state index in [4.69, 9.17) is 4.74 Å². The van der Waals surface area contributed by atoms with Crippen LogP contribution in [-0.4, -0.2) is 33.8 Å². The molecule has 2 heterocycles. The number of aromatic nitrogens is 2. The van der Waals surface area contributed by atoms with Crippen LogP contribution in [-0.2, 0) is 0 Å². The standard InChI is InChI=1S/C21H22N4O3/c1-4-12-22-21(27)19-24-18(16-10-7-8-13-25(16)19)20(26)23-15-9-5-6-11-17(15)28-14(2)3/h4-11,13-14H,1,12H2,2-3H3,(H,22,27)(H,23,26). The van der Waals surface area contributed by atoms with Gasteiger partial charge in [0.2, 0.25) is 5.82 Å². The van der Waals surface area contributed by atoms with Gasteiger partial charge in [-0.3, -0.25) is 14.0 Å². The number of imidazole rings is 1. The topological polar surface area (TPSA) is 84.7 Å². The number of benzene rings is 1. The van der Waals surface area contributed by atoms with Crippen LogP contribution in [0.4, 0.5) is 5.69 Å². The fourth-order valence-electron chi connectivity index (χ4n) is 2.72. The summed E-state index contributed by atoms with van der Waals surface area (Å²) in [5, 5.41) is 5.51. The van der Waals surface area contributed by atoms with E-state index < -0.39 is 5.91 Å². The maximum absolute atomic E-state index is 12.9. The Labute approximate surface area is 163 Å². The number of nitrogens with zero attached hydrogens (tertiary/aromatic N) is 2. The van der Waals surface area contributed by atoms with Crippen molar-refractivity contribution in [2.24, 2.45) is 0 Å². The third kappa shape index (κ3) is 4.03. The molecule has 0 saturated heterocycles. The number of anilines is 1. The fourth-order valence-corrected chi connectivity index (χ4v) is 2.72. The summed E-state index contributed by atoms with van der Waals surface area (Å²) in [5.74, 6) is -0.109. The van der Waals surface area contributed by atoms with E-state index in [0.29, 0.717) is 23.5 Å². The van der Waals surface area contributed by atoms with Gasteiger partial charge >= 0.3 is 0 Å². The van der Waals surface area contributed by atoms with E-state index >= 15 is 0 Å². The highest BCUT2D eigenvalue weighted by molar-refractivity contribution is 6.09. The van der Waals surface area contributed by atoms with Crippen molar-refractivity contribution in [2.75, 3.05) is 11.9 Å². The molecule has 0 radical (unpaired) electrons. The molecule has 144 valence electrons. The summed E-state index contributed by atoms with van der Waals surface area (Å²) in [7, 11) is 0. The highest BCUT2D eigenvalue weighted by Gasteiger charge is 2.22. The highest BCUT2D eigenvalue weighted by Crippen LogP contribution is 2.26. The minimum Gasteiger partial charge on any atom is -0.489 e. The first kappa shape index (κ1) is 19.2. The number of pyridine rings is 1. The predicted molar refractivity (Wildman–Crippen MR) is 108 cm³/mol. The van der Waals surface area contributed by atoms with Crippen molar-refractivity contribution in [1.82, 2.24) is 14.7 Å². The van der Waals surface area contributed by atoms with Gasteiger partial charge in [0.1, 0.15) is 5.75 Å². The minimum absolute atomic E-state index is 0.0355. The first-order valence-electron chi connectivity index (χ1n) is 8.94. The van der Waals surface area contributed by atoms with Gasteiger partial charge in [-0.25, -0.2) is 4.98 Å². The molecule has 0 aliphatic carbocycles. The molecule has 7 nitrogen and oxygen atoms in total. The van der Waals surface area contributed by atoms with E-state index in [9.17, 15) is 9.59 Å². The van der Waals surface area contributed by atoms with Crippen LogP contribution in [0.25, 0.3) is 5.52 Å². The summed E-state index contributed by atoms with van der Waals surface area (Å²) in [6.45, 7) is 7.71. The molecule has 0 bridgehead atoms. The summed E-state index contributed by atoms with van der Waals surface area (Å²) in [4.78, 5) is 29.6. The van der Waals surface area contributed by atoms with Crippen molar-refractivity contribution in [2.45, 2.75) is 20.0 Å². The fraction of sp³-hybridized carbons (Fsp3) is 0.190. The van der Waals surface area contributed by atoms with Crippen LogP contribution in [0, 0.1) is 0 Å². The summed E-state index contributed by atoms with van der Waals surface area (Å²) >= 11 is 0. The molecule has 2 N–H and O–H groups in total. The number of amides is 2. The van der Waals surface area contributed by atoms with E-state index in [-0.39, 0.29) is 23.5 Å². The number of ether oxygens (including phenoxy) is 1. The van der Waals surface area contributed by atoms with Gasteiger partial charge in [-0.05, 0) is 38.1 Å². The smallest absolute Gasteiger partial charge is 0.287 e. The number of para-hydroxylation sites is 2. The normalized spacial score (nSPS) is 10.7. The molecule has 1 aromatic carbocycles. The molecular formula is C21H22N4O3. The van der Waals surface area contributed by atoms with Gasteiger partial charge in [0.25, 0.3) is 11.8 Å².